The van der Waals surface area contributed by atoms with Crippen molar-refractivity contribution in [3.63, 3.8) is 0 Å². The summed E-state index contributed by atoms with van der Waals surface area (Å²) in [6, 6.07) is 14.0. The molecule has 0 saturated carbocycles. The molecule has 2 aromatic rings. The van der Waals surface area contributed by atoms with E-state index < -0.39 is 10.8 Å². The van der Waals surface area contributed by atoms with E-state index in [-0.39, 0.29) is 11.1 Å². The lowest BCUT2D eigenvalue weighted by Gasteiger charge is -2.13. The van der Waals surface area contributed by atoms with E-state index in [1.807, 2.05) is 24.3 Å². The molecule has 0 N–H and O–H groups in total. The van der Waals surface area contributed by atoms with Gasteiger partial charge in [0.2, 0.25) is 0 Å². The van der Waals surface area contributed by atoms with Crippen LogP contribution in [0.5, 0.6) is 0 Å². The first kappa shape index (κ1) is 15.2. The minimum atomic E-state index is -1.13. The summed E-state index contributed by atoms with van der Waals surface area (Å²) in [5, 5.41) is 0.363. The molecule has 0 radical (unpaired) electrons. The number of rotatable bonds is 5. The number of hydrogen-bond acceptors (Lipinski definition) is 1. The molecule has 0 amide bonds. The van der Waals surface area contributed by atoms with Gasteiger partial charge in [-0.05, 0) is 31.0 Å². The van der Waals surface area contributed by atoms with Crippen LogP contribution in [0.1, 0.15) is 23.3 Å². The molecule has 0 aliphatic heterocycles. The predicted molar refractivity (Wildman–Crippen MR) is 83.0 cm³/mol. The standard InChI is InChI=1S/C16H16ClFOS/c1-12(14-7-3-5-9-16(14)18)20(19)11-10-13-6-2-4-8-15(13)17/h2-9,12H,10-11H2,1H3/t12-,20-/m1/s1. The molecule has 0 aromatic heterocycles. The van der Waals surface area contributed by atoms with Gasteiger partial charge >= 0.3 is 0 Å². The SMILES string of the molecule is C[C@H](c1ccccc1F)[S@](=O)CCc1ccccc1Cl. The molecule has 2 atom stereocenters. The van der Waals surface area contributed by atoms with Crippen LogP contribution < -0.4 is 0 Å². The zero-order valence-electron chi connectivity index (χ0n) is 11.2. The number of benzene rings is 2. The number of aryl methyl sites for hydroxylation is 1. The second-order valence-electron chi connectivity index (χ2n) is 4.59. The molecule has 0 fully saturated rings. The van der Waals surface area contributed by atoms with Crippen molar-refractivity contribution < 1.29 is 8.60 Å². The van der Waals surface area contributed by atoms with Crippen molar-refractivity contribution in [1.82, 2.24) is 0 Å². The lowest BCUT2D eigenvalue weighted by Crippen LogP contribution is -2.10. The molecule has 106 valence electrons. The molecule has 0 spiro atoms. The molecule has 0 aliphatic rings. The summed E-state index contributed by atoms with van der Waals surface area (Å²) in [6.45, 7) is 1.79. The quantitative estimate of drug-likeness (QED) is 0.793. The Hall–Kier alpha value is -1.19. The summed E-state index contributed by atoms with van der Waals surface area (Å²) in [7, 11) is -1.13. The van der Waals surface area contributed by atoms with Crippen molar-refractivity contribution in [2.45, 2.75) is 18.6 Å². The van der Waals surface area contributed by atoms with Gasteiger partial charge in [-0.1, -0.05) is 48.0 Å². The third-order valence-corrected chi connectivity index (χ3v) is 5.29. The minimum Gasteiger partial charge on any atom is -0.259 e. The first-order chi connectivity index (χ1) is 9.59. The Balaban J connectivity index is 2.02. The van der Waals surface area contributed by atoms with E-state index in [1.165, 1.54) is 6.07 Å². The van der Waals surface area contributed by atoms with Crippen LogP contribution in [-0.4, -0.2) is 9.96 Å². The van der Waals surface area contributed by atoms with Crippen molar-refractivity contribution in [2.24, 2.45) is 0 Å². The van der Waals surface area contributed by atoms with Crippen LogP contribution in [0.25, 0.3) is 0 Å². The van der Waals surface area contributed by atoms with Crippen molar-refractivity contribution in [2.75, 3.05) is 5.75 Å². The van der Waals surface area contributed by atoms with Crippen LogP contribution in [0.15, 0.2) is 48.5 Å². The van der Waals surface area contributed by atoms with Crippen molar-refractivity contribution in [3.8, 4) is 0 Å². The molecule has 0 bridgehead atoms. The van der Waals surface area contributed by atoms with E-state index in [0.717, 1.165) is 5.56 Å². The van der Waals surface area contributed by atoms with Gasteiger partial charge in [0.05, 0.1) is 5.25 Å². The maximum absolute atomic E-state index is 13.7. The highest BCUT2D eigenvalue weighted by Crippen LogP contribution is 2.23. The Labute approximate surface area is 126 Å². The third-order valence-electron chi connectivity index (χ3n) is 3.27. The van der Waals surface area contributed by atoms with Gasteiger partial charge in [-0.15, -0.1) is 0 Å². The van der Waals surface area contributed by atoms with E-state index in [2.05, 4.69) is 0 Å². The van der Waals surface area contributed by atoms with E-state index in [4.69, 9.17) is 11.6 Å². The molecule has 2 rings (SSSR count). The normalized spacial score (nSPS) is 13.9. The van der Waals surface area contributed by atoms with Gasteiger partial charge in [0.1, 0.15) is 5.82 Å². The fourth-order valence-electron chi connectivity index (χ4n) is 2.03. The second-order valence-corrected chi connectivity index (χ2v) is 6.87. The number of hydrogen-bond donors (Lipinski definition) is 0. The molecular formula is C16H16ClFOS. The van der Waals surface area contributed by atoms with Gasteiger partial charge in [-0.2, -0.15) is 0 Å². The van der Waals surface area contributed by atoms with Gasteiger partial charge in [0.25, 0.3) is 0 Å². The molecular weight excluding hydrogens is 295 g/mol. The third kappa shape index (κ3) is 3.68. The lowest BCUT2D eigenvalue weighted by atomic mass is 10.1. The van der Waals surface area contributed by atoms with E-state index in [1.54, 1.807) is 25.1 Å². The summed E-state index contributed by atoms with van der Waals surface area (Å²) in [5.74, 6) is 0.172. The first-order valence-electron chi connectivity index (χ1n) is 6.44. The summed E-state index contributed by atoms with van der Waals surface area (Å²) in [6.07, 6.45) is 0.630. The van der Waals surface area contributed by atoms with E-state index in [0.29, 0.717) is 22.8 Å². The predicted octanol–water partition coefficient (Wildman–Crippen LogP) is 4.53. The van der Waals surface area contributed by atoms with Gasteiger partial charge in [-0.3, -0.25) is 4.21 Å². The highest BCUT2D eigenvalue weighted by atomic mass is 35.5. The Morgan fingerprint density at radius 1 is 1.15 bits per heavy atom. The molecule has 1 nitrogen and oxygen atoms in total. The molecule has 20 heavy (non-hydrogen) atoms. The average molecular weight is 311 g/mol. The summed E-state index contributed by atoms with van der Waals surface area (Å²) in [5.41, 5.74) is 1.48. The highest BCUT2D eigenvalue weighted by molar-refractivity contribution is 7.85. The zero-order chi connectivity index (χ0) is 14.5. The minimum absolute atomic E-state index is 0.300. The maximum atomic E-state index is 13.7. The fraction of sp³-hybridized carbons (Fsp3) is 0.250. The van der Waals surface area contributed by atoms with Crippen LogP contribution in [0.4, 0.5) is 4.39 Å². The summed E-state index contributed by atoms with van der Waals surface area (Å²) in [4.78, 5) is 0. The summed E-state index contributed by atoms with van der Waals surface area (Å²) < 4.78 is 26.0. The zero-order valence-corrected chi connectivity index (χ0v) is 12.8. The Morgan fingerprint density at radius 2 is 1.80 bits per heavy atom. The van der Waals surface area contributed by atoms with Crippen molar-refractivity contribution in [3.05, 3.63) is 70.5 Å². The van der Waals surface area contributed by atoms with Gasteiger partial charge < -0.3 is 0 Å². The molecule has 2 aromatic carbocycles. The molecule has 0 unspecified atom stereocenters. The Bertz CT molecular complexity index is 615. The van der Waals surface area contributed by atoms with Crippen LogP contribution >= 0.6 is 11.6 Å². The van der Waals surface area contributed by atoms with Crippen LogP contribution in [-0.2, 0) is 17.2 Å². The molecule has 0 aliphatic carbocycles. The molecule has 0 heterocycles. The average Bonchev–Trinajstić information content (AvgIpc) is 2.46. The van der Waals surface area contributed by atoms with Crippen molar-refractivity contribution in [1.29, 1.82) is 0 Å². The van der Waals surface area contributed by atoms with Crippen LogP contribution in [0.2, 0.25) is 5.02 Å². The largest absolute Gasteiger partial charge is 0.259 e. The highest BCUT2D eigenvalue weighted by Gasteiger charge is 2.17. The van der Waals surface area contributed by atoms with Crippen LogP contribution in [0.3, 0.4) is 0 Å². The lowest BCUT2D eigenvalue weighted by molar-refractivity contribution is 0.606. The van der Waals surface area contributed by atoms with E-state index >= 15 is 0 Å². The Kier molecular flexibility index (Phi) is 5.32. The van der Waals surface area contributed by atoms with Gasteiger partial charge in [0.15, 0.2) is 0 Å². The smallest absolute Gasteiger partial charge is 0.127 e. The van der Waals surface area contributed by atoms with Crippen molar-refractivity contribution >= 4 is 22.4 Å². The van der Waals surface area contributed by atoms with Crippen LogP contribution in [0, 0.1) is 5.82 Å². The number of halogens is 2. The molecule has 0 saturated heterocycles. The molecule has 4 heteroatoms. The monoisotopic (exact) mass is 310 g/mol. The first-order valence-corrected chi connectivity index (χ1v) is 8.20. The summed E-state index contributed by atoms with van der Waals surface area (Å²) >= 11 is 6.07. The topological polar surface area (TPSA) is 17.1 Å². The fourth-order valence-corrected chi connectivity index (χ4v) is 3.51. The maximum Gasteiger partial charge on any atom is 0.127 e. The van der Waals surface area contributed by atoms with Gasteiger partial charge in [0, 0.05) is 27.1 Å². The Morgan fingerprint density at radius 3 is 2.50 bits per heavy atom. The van der Waals surface area contributed by atoms with E-state index in [9.17, 15) is 8.60 Å². The van der Waals surface area contributed by atoms with Gasteiger partial charge in [-0.25, -0.2) is 4.39 Å². The second kappa shape index (κ2) is 7.00.